The summed E-state index contributed by atoms with van der Waals surface area (Å²) in [6, 6.07) is 30.5. The molecule has 0 bridgehead atoms. The first kappa shape index (κ1) is 20.4. The van der Waals surface area contributed by atoms with Crippen LogP contribution in [0.3, 0.4) is 0 Å². The molecular formula is C33H22BrNO. The van der Waals surface area contributed by atoms with Crippen LogP contribution in [0, 0.1) is 5.41 Å². The number of fused-ring (bicyclic) bond motifs is 11. The smallest absolute Gasteiger partial charge is 0.135 e. The van der Waals surface area contributed by atoms with Crippen LogP contribution in [0.25, 0.3) is 72.2 Å². The van der Waals surface area contributed by atoms with Crippen LogP contribution in [0.2, 0.25) is 0 Å². The molecule has 2 aromatic heterocycles. The van der Waals surface area contributed by atoms with Crippen molar-refractivity contribution in [2.24, 2.45) is 5.41 Å². The third-order valence-corrected chi connectivity index (χ3v) is 8.11. The van der Waals surface area contributed by atoms with Gasteiger partial charge in [-0.25, -0.2) is 0 Å². The molecule has 3 heteroatoms. The molecule has 0 radical (unpaired) electrons. The normalized spacial score (nSPS) is 14.6. The molecule has 172 valence electrons. The van der Waals surface area contributed by atoms with Crippen molar-refractivity contribution in [2.75, 3.05) is 0 Å². The maximum Gasteiger partial charge on any atom is 0.135 e. The van der Waals surface area contributed by atoms with Gasteiger partial charge >= 0.3 is 0 Å². The minimum absolute atomic E-state index is 0.00927. The second-order valence-corrected chi connectivity index (χ2v) is 11.4. The van der Waals surface area contributed by atoms with Crippen LogP contribution in [0.4, 0.5) is 0 Å². The molecule has 8 rings (SSSR count). The van der Waals surface area contributed by atoms with Gasteiger partial charge in [-0.05, 0) is 52.6 Å². The summed E-state index contributed by atoms with van der Waals surface area (Å²) in [7, 11) is 0. The number of rotatable bonds is 1. The van der Waals surface area contributed by atoms with E-state index in [1.165, 1.54) is 43.0 Å². The van der Waals surface area contributed by atoms with Gasteiger partial charge in [-0.1, -0.05) is 90.5 Å². The average molecular weight is 528 g/mol. The van der Waals surface area contributed by atoms with E-state index in [4.69, 9.17) is 4.42 Å². The molecule has 0 atom stereocenters. The Bertz CT molecular complexity index is 2190. The molecule has 2 heterocycles. The Labute approximate surface area is 215 Å². The fourth-order valence-electron chi connectivity index (χ4n) is 6.20. The lowest BCUT2D eigenvalue weighted by molar-refractivity contribution is 0.669. The van der Waals surface area contributed by atoms with Crippen LogP contribution < -0.4 is 10.6 Å². The second-order valence-electron chi connectivity index (χ2n) is 10.5. The molecule has 2 nitrogen and oxygen atoms in total. The highest BCUT2D eigenvalue weighted by Crippen LogP contribution is 2.37. The molecular weight excluding hydrogens is 506 g/mol. The first-order valence-electron chi connectivity index (χ1n) is 12.3. The van der Waals surface area contributed by atoms with Crippen LogP contribution in [0.1, 0.15) is 13.8 Å². The van der Waals surface area contributed by atoms with E-state index in [0.717, 1.165) is 32.1 Å². The maximum absolute atomic E-state index is 6.18. The minimum Gasteiger partial charge on any atom is -0.456 e. The highest BCUT2D eigenvalue weighted by Gasteiger charge is 2.24. The van der Waals surface area contributed by atoms with Crippen molar-refractivity contribution in [3.8, 4) is 5.69 Å². The zero-order chi connectivity index (χ0) is 24.2. The van der Waals surface area contributed by atoms with E-state index in [2.05, 4.69) is 119 Å². The molecule has 1 aliphatic rings. The monoisotopic (exact) mass is 527 g/mol. The van der Waals surface area contributed by atoms with Gasteiger partial charge in [0.1, 0.15) is 11.2 Å². The Balaban J connectivity index is 1.61. The van der Waals surface area contributed by atoms with Crippen molar-refractivity contribution in [1.82, 2.24) is 4.57 Å². The lowest BCUT2D eigenvalue weighted by Crippen LogP contribution is -2.25. The third kappa shape index (κ3) is 2.67. The summed E-state index contributed by atoms with van der Waals surface area (Å²) in [4.78, 5) is 0. The molecule has 0 saturated heterocycles. The van der Waals surface area contributed by atoms with E-state index in [9.17, 15) is 0 Å². The molecule has 36 heavy (non-hydrogen) atoms. The molecule has 5 aromatic carbocycles. The van der Waals surface area contributed by atoms with Gasteiger partial charge in [0.2, 0.25) is 0 Å². The third-order valence-electron chi connectivity index (χ3n) is 7.61. The van der Waals surface area contributed by atoms with Gasteiger partial charge in [-0.3, -0.25) is 0 Å². The van der Waals surface area contributed by atoms with E-state index in [1.54, 1.807) is 0 Å². The minimum atomic E-state index is -0.00927. The summed E-state index contributed by atoms with van der Waals surface area (Å²) in [5.74, 6) is 0. The zero-order valence-electron chi connectivity index (χ0n) is 20.0. The first-order chi connectivity index (χ1) is 17.5. The summed E-state index contributed by atoms with van der Waals surface area (Å²) in [6.45, 7) is 4.58. The topological polar surface area (TPSA) is 18.1 Å². The first-order valence-corrected chi connectivity index (χ1v) is 13.1. The Morgan fingerprint density at radius 3 is 2.08 bits per heavy atom. The lowest BCUT2D eigenvalue weighted by Gasteiger charge is -2.15. The maximum atomic E-state index is 6.18. The molecule has 0 unspecified atom stereocenters. The van der Waals surface area contributed by atoms with Crippen molar-refractivity contribution in [3.63, 3.8) is 0 Å². The predicted octanol–water partition coefficient (Wildman–Crippen LogP) is 8.20. The number of hydrogen-bond acceptors (Lipinski definition) is 1. The van der Waals surface area contributed by atoms with Gasteiger partial charge in [0, 0.05) is 42.3 Å². The van der Waals surface area contributed by atoms with E-state index < -0.39 is 0 Å². The van der Waals surface area contributed by atoms with Crippen LogP contribution in [-0.2, 0) is 0 Å². The van der Waals surface area contributed by atoms with E-state index in [0.29, 0.717) is 0 Å². The van der Waals surface area contributed by atoms with Gasteiger partial charge < -0.3 is 8.98 Å². The lowest BCUT2D eigenvalue weighted by atomic mass is 9.94. The summed E-state index contributed by atoms with van der Waals surface area (Å²) in [6.07, 6.45) is 4.85. The Hall–Kier alpha value is -3.82. The van der Waals surface area contributed by atoms with Crippen molar-refractivity contribution in [1.29, 1.82) is 0 Å². The van der Waals surface area contributed by atoms with Crippen LogP contribution in [0.15, 0.2) is 93.8 Å². The van der Waals surface area contributed by atoms with E-state index >= 15 is 0 Å². The van der Waals surface area contributed by atoms with Crippen molar-refractivity contribution in [2.45, 2.75) is 13.8 Å². The molecule has 0 saturated carbocycles. The Morgan fingerprint density at radius 2 is 1.31 bits per heavy atom. The SMILES string of the molecule is CC1(C)C=c2c(n(-c3ccc4oc5ccc(Br)cc5c4c3)c3c4ccccc4c4ccccc4c23)=C1. The molecule has 0 N–H and O–H groups in total. The quantitative estimate of drug-likeness (QED) is 0.197. The molecule has 0 fully saturated rings. The number of halogens is 1. The summed E-state index contributed by atoms with van der Waals surface area (Å²) in [5, 5.41) is 11.4. The fraction of sp³-hybridized carbons (Fsp3) is 0.0909. The summed E-state index contributed by atoms with van der Waals surface area (Å²) >= 11 is 3.64. The molecule has 0 amide bonds. The summed E-state index contributed by atoms with van der Waals surface area (Å²) in [5.41, 5.74) is 4.23. The van der Waals surface area contributed by atoms with Gasteiger partial charge in [0.15, 0.2) is 0 Å². The molecule has 1 aliphatic carbocycles. The van der Waals surface area contributed by atoms with Crippen LogP contribution >= 0.6 is 15.9 Å². The van der Waals surface area contributed by atoms with Crippen molar-refractivity contribution in [3.05, 3.63) is 100.0 Å². The number of benzene rings is 5. The van der Waals surface area contributed by atoms with Crippen molar-refractivity contribution < 1.29 is 4.42 Å². The van der Waals surface area contributed by atoms with E-state index in [1.807, 2.05) is 12.1 Å². The summed E-state index contributed by atoms with van der Waals surface area (Å²) < 4.78 is 9.70. The highest BCUT2D eigenvalue weighted by molar-refractivity contribution is 9.10. The Morgan fingerprint density at radius 1 is 0.667 bits per heavy atom. The predicted molar refractivity (Wildman–Crippen MR) is 155 cm³/mol. The fourth-order valence-corrected chi connectivity index (χ4v) is 6.56. The number of nitrogens with zero attached hydrogens (tertiary/aromatic N) is 1. The second kappa shape index (κ2) is 6.89. The van der Waals surface area contributed by atoms with Gasteiger partial charge in [0.05, 0.1) is 10.9 Å². The average Bonchev–Trinajstić information content (AvgIpc) is 3.49. The molecule has 7 aromatic rings. The number of hydrogen-bond donors (Lipinski definition) is 0. The standard InChI is InChI=1S/C33H22BrNO/c1-33(2)17-27-28(18-33)35(20-12-14-30-26(16-20)25-15-19(34)11-13-29(25)36-30)32-24-10-6-4-8-22(24)21-7-3-5-9-23(21)31(27)32/h3-18H,1-2H3. The van der Waals surface area contributed by atoms with Crippen molar-refractivity contribution >= 4 is 82.5 Å². The van der Waals surface area contributed by atoms with Crippen LogP contribution in [0.5, 0.6) is 0 Å². The zero-order valence-corrected chi connectivity index (χ0v) is 21.6. The highest BCUT2D eigenvalue weighted by atomic mass is 79.9. The van der Waals surface area contributed by atoms with Crippen LogP contribution in [-0.4, -0.2) is 4.57 Å². The van der Waals surface area contributed by atoms with Gasteiger partial charge in [0.25, 0.3) is 0 Å². The largest absolute Gasteiger partial charge is 0.456 e. The van der Waals surface area contributed by atoms with Gasteiger partial charge in [-0.2, -0.15) is 0 Å². The number of furan rings is 1. The molecule has 0 spiro atoms. The molecule has 0 aliphatic heterocycles. The van der Waals surface area contributed by atoms with Gasteiger partial charge in [-0.15, -0.1) is 0 Å². The number of aromatic nitrogens is 1. The Kier molecular flexibility index (Phi) is 3.90. The van der Waals surface area contributed by atoms with E-state index in [-0.39, 0.29) is 5.41 Å².